The van der Waals surface area contributed by atoms with Crippen LogP contribution in [0.1, 0.15) is 15.2 Å². The van der Waals surface area contributed by atoms with Crippen LogP contribution in [0.5, 0.6) is 5.75 Å². The molecule has 3 N–H and O–H groups in total. The molecular formula is C21H19N3O2S. The molecule has 136 valence electrons. The van der Waals surface area contributed by atoms with Gasteiger partial charge in [-0.2, -0.15) is 5.10 Å². The first-order chi connectivity index (χ1) is 13.2. The first-order valence-corrected chi connectivity index (χ1v) is 9.08. The minimum atomic E-state index is -0.332. The molecule has 5 nitrogen and oxygen atoms in total. The van der Waals surface area contributed by atoms with Crippen LogP contribution in [-0.2, 0) is 0 Å². The monoisotopic (exact) mass is 377 g/mol. The summed E-state index contributed by atoms with van der Waals surface area (Å²) in [4.78, 5) is 13.7. The van der Waals surface area contributed by atoms with E-state index in [2.05, 4.69) is 10.5 Å². The first kappa shape index (κ1) is 18.4. The molecule has 0 spiro atoms. The van der Waals surface area contributed by atoms with Crippen molar-refractivity contribution in [3.8, 4) is 16.2 Å². The highest BCUT2D eigenvalue weighted by Gasteiger charge is 2.14. The Morgan fingerprint density at radius 1 is 1.15 bits per heavy atom. The van der Waals surface area contributed by atoms with Crippen LogP contribution >= 0.6 is 11.3 Å². The summed E-state index contributed by atoms with van der Waals surface area (Å²) in [5.74, 6) is 0.445. The van der Waals surface area contributed by atoms with Crippen LogP contribution in [0.25, 0.3) is 16.5 Å². The number of carbonyl (C=O) groups is 1. The van der Waals surface area contributed by atoms with Gasteiger partial charge < -0.3 is 10.5 Å². The molecule has 2 aromatic carbocycles. The van der Waals surface area contributed by atoms with E-state index in [1.54, 1.807) is 19.3 Å². The third-order valence-electron chi connectivity index (χ3n) is 3.76. The molecule has 3 aromatic rings. The molecule has 27 heavy (non-hydrogen) atoms. The van der Waals surface area contributed by atoms with Gasteiger partial charge in [-0.25, -0.2) is 5.43 Å². The average molecular weight is 377 g/mol. The molecule has 0 unspecified atom stereocenters. The van der Waals surface area contributed by atoms with Crippen molar-refractivity contribution in [2.24, 2.45) is 5.10 Å². The maximum Gasteiger partial charge on any atom is 0.283 e. The summed E-state index contributed by atoms with van der Waals surface area (Å²) in [6.07, 6.45) is 5.19. The Labute approximate surface area is 161 Å². The normalized spacial score (nSPS) is 11.1. The summed E-state index contributed by atoms with van der Waals surface area (Å²) in [5, 5.41) is 3.93. The maximum atomic E-state index is 12.3. The van der Waals surface area contributed by atoms with Gasteiger partial charge in [0.25, 0.3) is 5.91 Å². The zero-order valence-corrected chi connectivity index (χ0v) is 15.6. The number of nitrogens with one attached hydrogen (secondary N) is 1. The molecule has 0 saturated carbocycles. The summed E-state index contributed by atoms with van der Waals surface area (Å²) in [6.45, 7) is 0. The minimum Gasteiger partial charge on any atom is -0.497 e. The lowest BCUT2D eigenvalue weighted by atomic mass is 10.2. The van der Waals surface area contributed by atoms with Crippen molar-refractivity contribution in [2.75, 3.05) is 12.8 Å². The number of amides is 1. The number of allylic oxidation sites excluding steroid dienone is 1. The van der Waals surface area contributed by atoms with Crippen molar-refractivity contribution in [3.63, 3.8) is 0 Å². The highest BCUT2D eigenvalue weighted by Crippen LogP contribution is 2.33. The Hall–Kier alpha value is -3.38. The molecule has 1 amide bonds. The number of methoxy groups -OCH3 is 1. The predicted molar refractivity (Wildman–Crippen MR) is 112 cm³/mol. The lowest BCUT2D eigenvalue weighted by Gasteiger charge is -2.00. The average Bonchev–Trinajstić information content (AvgIpc) is 3.10. The Kier molecular flexibility index (Phi) is 6.02. The maximum absolute atomic E-state index is 12.3. The van der Waals surface area contributed by atoms with Crippen LogP contribution in [0.4, 0.5) is 5.69 Å². The topological polar surface area (TPSA) is 76.7 Å². The fourth-order valence-corrected chi connectivity index (χ4v) is 3.36. The van der Waals surface area contributed by atoms with Gasteiger partial charge in [-0.05, 0) is 47.5 Å². The number of benzene rings is 2. The molecule has 0 radical (unpaired) electrons. The number of hydrazone groups is 1. The van der Waals surface area contributed by atoms with E-state index in [4.69, 9.17) is 10.5 Å². The van der Waals surface area contributed by atoms with Crippen molar-refractivity contribution in [1.82, 2.24) is 5.43 Å². The van der Waals surface area contributed by atoms with E-state index in [0.29, 0.717) is 10.6 Å². The smallest absolute Gasteiger partial charge is 0.283 e. The van der Waals surface area contributed by atoms with Crippen LogP contribution in [0.3, 0.4) is 0 Å². The van der Waals surface area contributed by atoms with Crippen molar-refractivity contribution < 1.29 is 9.53 Å². The van der Waals surface area contributed by atoms with Crippen LogP contribution in [0.15, 0.2) is 71.8 Å². The van der Waals surface area contributed by atoms with Gasteiger partial charge in [-0.3, -0.25) is 4.79 Å². The molecule has 0 atom stereocenters. The first-order valence-electron chi connectivity index (χ1n) is 8.26. The van der Waals surface area contributed by atoms with Gasteiger partial charge >= 0.3 is 0 Å². The molecule has 6 heteroatoms. The highest BCUT2D eigenvalue weighted by atomic mass is 32.1. The number of nitrogens with zero attached hydrogens (tertiary/aromatic N) is 1. The van der Waals surface area contributed by atoms with Crippen LogP contribution in [-0.4, -0.2) is 19.2 Å². The standard InChI is InChI=1S/C21H19N3O2S/c1-26-17-11-9-16(10-12-17)19-14-18(22)20(27-19)21(25)24-23-13-5-8-15-6-3-2-4-7-15/h2-14H,22H2,1H3,(H,24,25)/b8-5+,23-13-. The number of ether oxygens (including phenoxy) is 1. The quantitative estimate of drug-likeness (QED) is 0.493. The zero-order chi connectivity index (χ0) is 19.1. The molecule has 0 aliphatic rings. The van der Waals surface area contributed by atoms with E-state index in [-0.39, 0.29) is 5.91 Å². The van der Waals surface area contributed by atoms with E-state index < -0.39 is 0 Å². The second kappa shape index (κ2) is 8.82. The molecule has 0 aliphatic carbocycles. The fourth-order valence-electron chi connectivity index (χ4n) is 2.39. The van der Waals surface area contributed by atoms with E-state index in [1.807, 2.05) is 60.7 Å². The van der Waals surface area contributed by atoms with E-state index in [0.717, 1.165) is 21.8 Å². The fraction of sp³-hybridized carbons (Fsp3) is 0.0476. The SMILES string of the molecule is COc1ccc(-c2cc(N)c(C(=O)N/N=C\C=C\c3ccccc3)s2)cc1. The number of hydrogen-bond acceptors (Lipinski definition) is 5. The van der Waals surface area contributed by atoms with Gasteiger partial charge in [0.05, 0.1) is 12.8 Å². The largest absolute Gasteiger partial charge is 0.497 e. The predicted octanol–water partition coefficient (Wildman–Crippen LogP) is 4.43. The number of nitrogens with two attached hydrogens (primary N) is 1. The summed E-state index contributed by atoms with van der Waals surface area (Å²) < 4.78 is 5.16. The molecule has 1 aromatic heterocycles. The van der Waals surface area contributed by atoms with Crippen molar-refractivity contribution in [1.29, 1.82) is 0 Å². The summed E-state index contributed by atoms with van der Waals surface area (Å²) in [5.41, 5.74) is 11.0. The molecule has 0 bridgehead atoms. The Morgan fingerprint density at radius 3 is 2.59 bits per heavy atom. The Balaban J connectivity index is 1.63. The molecule has 0 aliphatic heterocycles. The van der Waals surface area contributed by atoms with E-state index >= 15 is 0 Å². The summed E-state index contributed by atoms with van der Waals surface area (Å²) >= 11 is 1.33. The van der Waals surface area contributed by atoms with Crippen molar-refractivity contribution in [2.45, 2.75) is 0 Å². The Bertz CT molecular complexity index is 961. The number of anilines is 1. The third-order valence-corrected chi connectivity index (χ3v) is 4.96. The number of carbonyl (C=O) groups excluding carboxylic acids is 1. The third kappa shape index (κ3) is 4.83. The summed E-state index contributed by atoms with van der Waals surface area (Å²) in [7, 11) is 1.62. The van der Waals surface area contributed by atoms with Gasteiger partial charge in [0.15, 0.2) is 0 Å². The zero-order valence-electron chi connectivity index (χ0n) is 14.8. The molecular weight excluding hydrogens is 358 g/mol. The van der Waals surface area contributed by atoms with E-state index in [9.17, 15) is 4.79 Å². The second-order valence-corrected chi connectivity index (χ2v) is 6.66. The van der Waals surface area contributed by atoms with Gasteiger partial charge in [0, 0.05) is 11.1 Å². The number of thiophene rings is 1. The van der Waals surface area contributed by atoms with Crippen molar-refractivity contribution in [3.05, 3.63) is 77.2 Å². The summed E-state index contributed by atoms with van der Waals surface area (Å²) in [6, 6.07) is 19.2. The minimum absolute atomic E-state index is 0.332. The number of hydrogen-bond donors (Lipinski definition) is 2. The van der Waals surface area contributed by atoms with Crippen molar-refractivity contribution >= 4 is 35.2 Å². The van der Waals surface area contributed by atoms with Crippen LogP contribution in [0.2, 0.25) is 0 Å². The van der Waals surface area contributed by atoms with Gasteiger partial charge in [0.2, 0.25) is 0 Å². The molecule has 0 saturated heterocycles. The highest BCUT2D eigenvalue weighted by molar-refractivity contribution is 7.18. The molecule has 0 fully saturated rings. The molecule has 3 rings (SSSR count). The lowest BCUT2D eigenvalue weighted by molar-refractivity contribution is 0.0960. The van der Waals surface area contributed by atoms with Gasteiger partial charge in [-0.1, -0.05) is 36.4 Å². The lowest BCUT2D eigenvalue weighted by Crippen LogP contribution is -2.17. The number of rotatable bonds is 6. The van der Waals surface area contributed by atoms with Gasteiger partial charge in [-0.15, -0.1) is 11.3 Å². The number of nitrogen functional groups attached to an aromatic ring is 1. The van der Waals surface area contributed by atoms with E-state index in [1.165, 1.54) is 17.6 Å². The molecule has 1 heterocycles. The van der Waals surface area contributed by atoms with Crippen LogP contribution in [0, 0.1) is 0 Å². The van der Waals surface area contributed by atoms with Gasteiger partial charge in [0.1, 0.15) is 10.6 Å². The van der Waals surface area contributed by atoms with Crippen LogP contribution < -0.4 is 15.9 Å². The second-order valence-electron chi connectivity index (χ2n) is 5.61. The Morgan fingerprint density at radius 2 is 1.89 bits per heavy atom.